The summed E-state index contributed by atoms with van der Waals surface area (Å²) in [7, 11) is 0. The van der Waals surface area contributed by atoms with Crippen LogP contribution < -0.4 is 0 Å². The molecule has 30 heavy (non-hydrogen) atoms. The van der Waals surface area contributed by atoms with Crippen LogP contribution in [0.2, 0.25) is 0 Å². The van der Waals surface area contributed by atoms with Crippen molar-refractivity contribution < 1.29 is 9.90 Å². The van der Waals surface area contributed by atoms with E-state index in [9.17, 15) is 4.79 Å². The Bertz CT molecular complexity index is 998. The largest absolute Gasteiger partial charge is 0.395 e. The highest BCUT2D eigenvalue weighted by Gasteiger charge is 2.21. The van der Waals surface area contributed by atoms with Gasteiger partial charge in [-0.3, -0.25) is 9.69 Å². The summed E-state index contributed by atoms with van der Waals surface area (Å²) in [5, 5.41) is 13.2. The average Bonchev–Trinajstić information content (AvgIpc) is 3.20. The Kier molecular flexibility index (Phi) is 6.99. The number of hydrogen-bond acceptors (Lipinski definition) is 7. The molecule has 3 heterocycles. The Morgan fingerprint density at radius 2 is 1.93 bits per heavy atom. The molecule has 1 amide bonds. The number of carbonyl (C=O) groups is 1. The van der Waals surface area contributed by atoms with Crippen LogP contribution in [-0.4, -0.2) is 75.9 Å². The first kappa shape index (κ1) is 21.2. The molecular formula is C22H26N4O2S2. The number of nitrogens with zero attached hydrogens (tertiary/aromatic N) is 4. The molecule has 0 bridgehead atoms. The van der Waals surface area contributed by atoms with Gasteiger partial charge in [0.1, 0.15) is 16.2 Å². The van der Waals surface area contributed by atoms with Gasteiger partial charge in [-0.2, -0.15) is 0 Å². The van der Waals surface area contributed by atoms with E-state index >= 15 is 0 Å². The maximum absolute atomic E-state index is 12.6. The Morgan fingerprint density at radius 1 is 1.17 bits per heavy atom. The molecule has 0 saturated carbocycles. The van der Waals surface area contributed by atoms with Gasteiger partial charge >= 0.3 is 0 Å². The van der Waals surface area contributed by atoms with E-state index in [1.54, 1.807) is 29.4 Å². The smallest absolute Gasteiger partial charge is 0.223 e. The van der Waals surface area contributed by atoms with E-state index in [-0.39, 0.29) is 12.5 Å². The molecule has 0 unspecified atom stereocenters. The van der Waals surface area contributed by atoms with Gasteiger partial charge in [0.15, 0.2) is 0 Å². The number of aliphatic hydroxyl groups excluding tert-OH is 1. The number of aryl methyl sites for hydroxylation is 1. The zero-order chi connectivity index (χ0) is 20.9. The predicted octanol–water partition coefficient (Wildman–Crippen LogP) is 3.29. The van der Waals surface area contributed by atoms with Crippen LogP contribution >= 0.6 is 23.1 Å². The maximum atomic E-state index is 12.6. The fourth-order valence-corrected chi connectivity index (χ4v) is 5.58. The molecule has 0 aliphatic carbocycles. The number of aliphatic hydroxyl groups is 1. The molecule has 158 valence electrons. The second-order valence-corrected chi connectivity index (χ2v) is 9.36. The lowest BCUT2D eigenvalue weighted by Crippen LogP contribution is -2.49. The molecule has 2 aromatic heterocycles. The number of carbonyl (C=O) groups excluding carboxylic acids is 1. The van der Waals surface area contributed by atoms with E-state index in [1.807, 2.05) is 4.90 Å². The van der Waals surface area contributed by atoms with Crippen molar-refractivity contribution in [1.29, 1.82) is 0 Å². The van der Waals surface area contributed by atoms with E-state index in [0.29, 0.717) is 18.7 Å². The van der Waals surface area contributed by atoms with E-state index in [1.165, 1.54) is 11.1 Å². The number of hydrogen-bond donors (Lipinski definition) is 1. The molecule has 6 nitrogen and oxygen atoms in total. The lowest BCUT2D eigenvalue weighted by atomic mass is 10.1. The fraction of sp³-hybridized carbons (Fsp3) is 0.409. The zero-order valence-corrected chi connectivity index (χ0v) is 18.7. The van der Waals surface area contributed by atoms with Crippen molar-refractivity contribution in [3.8, 4) is 11.1 Å². The van der Waals surface area contributed by atoms with E-state index < -0.39 is 0 Å². The third kappa shape index (κ3) is 4.83. The molecule has 4 rings (SSSR count). The first-order chi connectivity index (χ1) is 14.7. The molecule has 0 spiro atoms. The number of rotatable bonds is 7. The minimum absolute atomic E-state index is 0.172. The Hall–Kier alpha value is -2.00. The number of β-amino-alcohol motifs (C(OH)–C–C–N with tert-alkyl or cyclic N) is 1. The van der Waals surface area contributed by atoms with Crippen LogP contribution in [0.3, 0.4) is 0 Å². The molecule has 1 aliphatic heterocycles. The Morgan fingerprint density at radius 3 is 2.67 bits per heavy atom. The molecule has 1 saturated heterocycles. The van der Waals surface area contributed by atoms with Crippen molar-refractivity contribution in [1.82, 2.24) is 19.8 Å². The standard InChI is InChI=1S/C22H26N4O2S2/c1-16-2-4-17(5-3-16)18-14-30-22-20(18)21(23-15-24-22)29-13-6-19(28)26-9-7-25(8-10-26)11-12-27/h2-5,14-15,27H,6-13H2,1H3. The SMILES string of the molecule is Cc1ccc(-c2csc3ncnc(SCCC(=O)N4CCN(CCO)CC4)c23)cc1. The molecule has 1 fully saturated rings. The summed E-state index contributed by atoms with van der Waals surface area (Å²) < 4.78 is 0. The van der Waals surface area contributed by atoms with Crippen molar-refractivity contribution in [3.63, 3.8) is 0 Å². The van der Waals surface area contributed by atoms with E-state index in [4.69, 9.17) is 5.11 Å². The zero-order valence-electron chi connectivity index (χ0n) is 17.1. The normalized spacial score (nSPS) is 15.1. The van der Waals surface area contributed by atoms with Gasteiger partial charge in [-0.15, -0.1) is 23.1 Å². The van der Waals surface area contributed by atoms with Gasteiger partial charge in [0, 0.05) is 55.8 Å². The van der Waals surface area contributed by atoms with Crippen LogP contribution in [0, 0.1) is 6.92 Å². The summed E-state index contributed by atoms with van der Waals surface area (Å²) in [4.78, 5) is 26.7. The topological polar surface area (TPSA) is 69.6 Å². The lowest BCUT2D eigenvalue weighted by Gasteiger charge is -2.34. The molecule has 8 heteroatoms. The summed E-state index contributed by atoms with van der Waals surface area (Å²) in [6.45, 7) is 6.09. The lowest BCUT2D eigenvalue weighted by molar-refractivity contribution is -0.132. The van der Waals surface area contributed by atoms with Crippen molar-refractivity contribution in [2.24, 2.45) is 0 Å². The quantitative estimate of drug-likeness (QED) is 0.447. The number of thioether (sulfide) groups is 1. The third-order valence-electron chi connectivity index (χ3n) is 5.39. The summed E-state index contributed by atoms with van der Waals surface area (Å²) in [5.74, 6) is 0.894. The van der Waals surface area contributed by atoms with Crippen LogP contribution in [0.15, 0.2) is 41.0 Å². The highest BCUT2D eigenvalue weighted by atomic mass is 32.2. The van der Waals surface area contributed by atoms with Crippen LogP contribution in [0.5, 0.6) is 0 Å². The van der Waals surface area contributed by atoms with Crippen LogP contribution in [-0.2, 0) is 4.79 Å². The van der Waals surface area contributed by atoms with Gasteiger partial charge in [-0.1, -0.05) is 29.8 Å². The molecule has 0 radical (unpaired) electrons. The number of amides is 1. The first-order valence-electron chi connectivity index (χ1n) is 10.2. The van der Waals surface area contributed by atoms with Crippen molar-refractivity contribution in [2.45, 2.75) is 18.4 Å². The van der Waals surface area contributed by atoms with Gasteiger partial charge < -0.3 is 10.0 Å². The molecule has 1 N–H and O–H groups in total. The van der Waals surface area contributed by atoms with Gasteiger partial charge in [0.05, 0.1) is 12.0 Å². The highest BCUT2D eigenvalue weighted by molar-refractivity contribution is 7.99. The second kappa shape index (κ2) is 9.87. The number of piperazine rings is 1. The van der Waals surface area contributed by atoms with E-state index in [0.717, 1.165) is 47.0 Å². The number of aromatic nitrogens is 2. The molecule has 0 atom stereocenters. The predicted molar refractivity (Wildman–Crippen MR) is 123 cm³/mol. The van der Waals surface area contributed by atoms with Gasteiger partial charge in [-0.05, 0) is 12.5 Å². The Labute approximate surface area is 184 Å². The minimum Gasteiger partial charge on any atom is -0.395 e. The first-order valence-corrected chi connectivity index (χ1v) is 12.1. The van der Waals surface area contributed by atoms with Crippen LogP contribution in [0.4, 0.5) is 0 Å². The van der Waals surface area contributed by atoms with Gasteiger partial charge in [0.25, 0.3) is 0 Å². The van der Waals surface area contributed by atoms with Crippen LogP contribution in [0.25, 0.3) is 21.3 Å². The average molecular weight is 443 g/mol. The molecule has 1 aliphatic rings. The van der Waals surface area contributed by atoms with E-state index in [2.05, 4.69) is 51.4 Å². The second-order valence-electron chi connectivity index (χ2n) is 7.42. The summed E-state index contributed by atoms with van der Waals surface area (Å²) in [6.07, 6.45) is 2.11. The monoisotopic (exact) mass is 442 g/mol. The third-order valence-corrected chi connectivity index (χ3v) is 7.27. The number of benzene rings is 1. The molecule has 1 aromatic carbocycles. The van der Waals surface area contributed by atoms with Crippen molar-refractivity contribution in [3.05, 3.63) is 41.5 Å². The van der Waals surface area contributed by atoms with Crippen molar-refractivity contribution >= 4 is 39.2 Å². The van der Waals surface area contributed by atoms with Crippen molar-refractivity contribution in [2.75, 3.05) is 45.1 Å². The molecule has 3 aromatic rings. The summed E-state index contributed by atoms with van der Waals surface area (Å²) in [6, 6.07) is 8.51. The minimum atomic E-state index is 0.172. The van der Waals surface area contributed by atoms with Gasteiger partial charge in [0.2, 0.25) is 5.91 Å². The summed E-state index contributed by atoms with van der Waals surface area (Å²) >= 11 is 3.26. The van der Waals surface area contributed by atoms with Crippen LogP contribution in [0.1, 0.15) is 12.0 Å². The molecular weight excluding hydrogens is 416 g/mol. The Balaban J connectivity index is 1.40. The summed E-state index contributed by atoms with van der Waals surface area (Å²) in [5.41, 5.74) is 3.56. The highest BCUT2D eigenvalue weighted by Crippen LogP contribution is 2.38. The number of fused-ring (bicyclic) bond motifs is 1. The fourth-order valence-electron chi connectivity index (χ4n) is 3.66. The number of thiophene rings is 1. The maximum Gasteiger partial charge on any atom is 0.223 e. The van der Waals surface area contributed by atoms with Gasteiger partial charge in [-0.25, -0.2) is 9.97 Å².